The van der Waals surface area contributed by atoms with Gasteiger partial charge in [-0.05, 0) is 49.4 Å². The van der Waals surface area contributed by atoms with Crippen molar-refractivity contribution in [2.75, 3.05) is 0 Å². The Morgan fingerprint density at radius 1 is 1.47 bits per heavy atom. The SMILES string of the molecule is Cc1ccc(F)cc1CC1=CC(N)CC1. The molecule has 2 rings (SSSR count). The van der Waals surface area contributed by atoms with Crippen LogP contribution in [0.3, 0.4) is 0 Å². The van der Waals surface area contributed by atoms with Gasteiger partial charge in [-0.15, -0.1) is 0 Å². The molecule has 0 heterocycles. The summed E-state index contributed by atoms with van der Waals surface area (Å²) in [5.74, 6) is -0.154. The molecule has 2 heteroatoms. The number of hydrogen-bond donors (Lipinski definition) is 1. The minimum atomic E-state index is -0.154. The van der Waals surface area contributed by atoms with E-state index in [0.717, 1.165) is 30.4 Å². The highest BCUT2D eigenvalue weighted by Gasteiger charge is 2.12. The highest BCUT2D eigenvalue weighted by molar-refractivity contribution is 5.32. The molecule has 0 fully saturated rings. The Balaban J connectivity index is 2.17. The zero-order valence-electron chi connectivity index (χ0n) is 8.96. The van der Waals surface area contributed by atoms with Crippen molar-refractivity contribution in [3.05, 3.63) is 46.8 Å². The van der Waals surface area contributed by atoms with E-state index in [9.17, 15) is 4.39 Å². The van der Waals surface area contributed by atoms with Crippen molar-refractivity contribution >= 4 is 0 Å². The molecule has 0 saturated heterocycles. The van der Waals surface area contributed by atoms with Crippen LogP contribution in [0.4, 0.5) is 4.39 Å². The zero-order chi connectivity index (χ0) is 10.8. The van der Waals surface area contributed by atoms with Crippen LogP contribution in [0.25, 0.3) is 0 Å². The standard InChI is InChI=1S/C13H16FN/c1-9-2-4-12(14)8-11(9)6-10-3-5-13(15)7-10/h2,4,7-8,13H,3,5-6,15H2,1H3. The summed E-state index contributed by atoms with van der Waals surface area (Å²) in [6, 6.07) is 5.17. The van der Waals surface area contributed by atoms with Gasteiger partial charge in [0.05, 0.1) is 0 Å². The maximum atomic E-state index is 13.1. The van der Waals surface area contributed by atoms with Gasteiger partial charge in [0.15, 0.2) is 0 Å². The molecule has 0 amide bonds. The minimum absolute atomic E-state index is 0.154. The second-order valence-corrected chi connectivity index (χ2v) is 4.28. The van der Waals surface area contributed by atoms with Gasteiger partial charge in [0.1, 0.15) is 5.82 Å². The Morgan fingerprint density at radius 3 is 2.93 bits per heavy atom. The van der Waals surface area contributed by atoms with E-state index < -0.39 is 0 Å². The maximum absolute atomic E-state index is 13.1. The number of rotatable bonds is 2. The molecule has 0 spiro atoms. The first-order valence-electron chi connectivity index (χ1n) is 5.35. The number of hydrogen-bond acceptors (Lipinski definition) is 1. The molecule has 0 bridgehead atoms. The van der Waals surface area contributed by atoms with E-state index in [4.69, 9.17) is 5.73 Å². The van der Waals surface area contributed by atoms with E-state index in [0.29, 0.717) is 0 Å². The second-order valence-electron chi connectivity index (χ2n) is 4.28. The van der Waals surface area contributed by atoms with E-state index in [1.54, 1.807) is 6.07 Å². The van der Waals surface area contributed by atoms with Crippen LogP contribution in [-0.4, -0.2) is 6.04 Å². The lowest BCUT2D eigenvalue weighted by Gasteiger charge is -2.06. The van der Waals surface area contributed by atoms with Crippen LogP contribution < -0.4 is 5.73 Å². The van der Waals surface area contributed by atoms with Crippen LogP contribution in [0.2, 0.25) is 0 Å². The van der Waals surface area contributed by atoms with Crippen LogP contribution in [0.1, 0.15) is 24.0 Å². The lowest BCUT2D eigenvalue weighted by molar-refractivity contribution is 0.625. The Morgan fingerprint density at radius 2 is 2.27 bits per heavy atom. The summed E-state index contributed by atoms with van der Waals surface area (Å²) in [5.41, 5.74) is 9.37. The van der Waals surface area contributed by atoms with Crippen molar-refractivity contribution in [3.8, 4) is 0 Å². The van der Waals surface area contributed by atoms with Gasteiger partial charge in [0.25, 0.3) is 0 Å². The molecule has 2 N–H and O–H groups in total. The number of nitrogens with two attached hydrogens (primary N) is 1. The molecule has 1 atom stereocenters. The third-order valence-corrected chi connectivity index (χ3v) is 2.98. The van der Waals surface area contributed by atoms with Crippen LogP contribution in [0.15, 0.2) is 29.8 Å². The number of benzene rings is 1. The fourth-order valence-electron chi connectivity index (χ4n) is 2.04. The van der Waals surface area contributed by atoms with Gasteiger partial charge in [-0.2, -0.15) is 0 Å². The molecular weight excluding hydrogens is 189 g/mol. The van der Waals surface area contributed by atoms with Gasteiger partial charge in [-0.25, -0.2) is 4.39 Å². The van der Waals surface area contributed by atoms with Crippen LogP contribution in [0, 0.1) is 12.7 Å². The summed E-state index contributed by atoms with van der Waals surface area (Å²) >= 11 is 0. The van der Waals surface area contributed by atoms with Crippen molar-refractivity contribution in [2.45, 2.75) is 32.2 Å². The Hall–Kier alpha value is -1.15. The van der Waals surface area contributed by atoms with Crippen LogP contribution in [-0.2, 0) is 6.42 Å². The fraction of sp³-hybridized carbons (Fsp3) is 0.385. The van der Waals surface area contributed by atoms with Gasteiger partial charge >= 0.3 is 0 Å². The minimum Gasteiger partial charge on any atom is -0.324 e. The molecule has 0 aromatic heterocycles. The molecule has 0 aliphatic heterocycles. The highest BCUT2D eigenvalue weighted by atomic mass is 19.1. The van der Waals surface area contributed by atoms with Crippen molar-refractivity contribution in [2.24, 2.45) is 5.73 Å². The first-order chi connectivity index (χ1) is 7.15. The summed E-state index contributed by atoms with van der Waals surface area (Å²) in [6.07, 6.45) is 5.04. The lowest BCUT2D eigenvalue weighted by atomic mass is 10.0. The fourth-order valence-corrected chi connectivity index (χ4v) is 2.04. The van der Waals surface area contributed by atoms with E-state index >= 15 is 0 Å². The third-order valence-electron chi connectivity index (χ3n) is 2.98. The Bertz CT molecular complexity index is 396. The topological polar surface area (TPSA) is 26.0 Å². The lowest BCUT2D eigenvalue weighted by Crippen LogP contribution is -2.11. The predicted octanol–water partition coefficient (Wildman–Crippen LogP) is 2.72. The van der Waals surface area contributed by atoms with E-state index in [2.05, 4.69) is 6.08 Å². The van der Waals surface area contributed by atoms with Gasteiger partial charge < -0.3 is 5.73 Å². The van der Waals surface area contributed by atoms with Crippen molar-refractivity contribution in [3.63, 3.8) is 0 Å². The molecule has 1 unspecified atom stereocenters. The molecule has 1 aromatic rings. The number of allylic oxidation sites excluding steroid dienone is 1. The highest BCUT2D eigenvalue weighted by Crippen LogP contribution is 2.23. The molecule has 0 saturated carbocycles. The summed E-state index contributed by atoms with van der Waals surface area (Å²) < 4.78 is 13.1. The van der Waals surface area contributed by atoms with Crippen molar-refractivity contribution < 1.29 is 4.39 Å². The van der Waals surface area contributed by atoms with Crippen LogP contribution in [0.5, 0.6) is 0 Å². The molecular formula is C13H16FN. The largest absolute Gasteiger partial charge is 0.324 e. The van der Waals surface area contributed by atoms with Gasteiger partial charge in [-0.3, -0.25) is 0 Å². The first kappa shape index (κ1) is 10.4. The molecule has 1 nitrogen and oxygen atoms in total. The van der Waals surface area contributed by atoms with E-state index in [-0.39, 0.29) is 11.9 Å². The van der Waals surface area contributed by atoms with E-state index in [1.165, 1.54) is 11.6 Å². The Kier molecular flexibility index (Phi) is 2.87. The molecule has 1 aromatic carbocycles. The normalized spacial score (nSPS) is 20.5. The quantitative estimate of drug-likeness (QED) is 0.738. The molecule has 0 radical (unpaired) electrons. The molecule has 1 aliphatic carbocycles. The van der Waals surface area contributed by atoms with Crippen molar-refractivity contribution in [1.29, 1.82) is 0 Å². The number of halogens is 1. The van der Waals surface area contributed by atoms with Crippen molar-refractivity contribution in [1.82, 2.24) is 0 Å². The monoisotopic (exact) mass is 205 g/mol. The first-order valence-corrected chi connectivity index (χ1v) is 5.35. The average molecular weight is 205 g/mol. The van der Waals surface area contributed by atoms with Gasteiger partial charge in [-0.1, -0.05) is 17.7 Å². The Labute approximate surface area is 89.8 Å². The summed E-state index contributed by atoms with van der Waals surface area (Å²) in [4.78, 5) is 0. The van der Waals surface area contributed by atoms with Gasteiger partial charge in [0.2, 0.25) is 0 Å². The summed E-state index contributed by atoms with van der Waals surface area (Å²) in [7, 11) is 0. The van der Waals surface area contributed by atoms with Gasteiger partial charge in [0, 0.05) is 6.04 Å². The average Bonchev–Trinajstić information content (AvgIpc) is 2.58. The predicted molar refractivity (Wildman–Crippen MR) is 60.1 cm³/mol. The van der Waals surface area contributed by atoms with E-state index in [1.807, 2.05) is 13.0 Å². The molecule has 1 aliphatic rings. The molecule has 80 valence electrons. The summed E-state index contributed by atoms with van der Waals surface area (Å²) in [6.45, 7) is 2.02. The summed E-state index contributed by atoms with van der Waals surface area (Å²) in [5, 5.41) is 0. The second kappa shape index (κ2) is 4.15. The third kappa shape index (κ3) is 2.45. The smallest absolute Gasteiger partial charge is 0.123 e. The maximum Gasteiger partial charge on any atom is 0.123 e. The van der Waals surface area contributed by atoms with Crippen LogP contribution >= 0.6 is 0 Å². The zero-order valence-corrected chi connectivity index (χ0v) is 8.96. The number of aryl methyl sites for hydroxylation is 1. The molecule has 15 heavy (non-hydrogen) atoms.